The second kappa shape index (κ2) is 10.8. The quantitative estimate of drug-likeness (QED) is 0.563. The Balaban J connectivity index is 2.23. The molecule has 0 radical (unpaired) electrons. The number of hydrogen-bond donors (Lipinski definition) is 2. The van der Waals surface area contributed by atoms with Crippen molar-refractivity contribution in [3.8, 4) is 0 Å². The Hall–Kier alpha value is 0.180. The minimum absolute atomic E-state index is 0.437. The van der Waals surface area contributed by atoms with Crippen LogP contribution in [-0.4, -0.2) is 58.0 Å². The Morgan fingerprint density at radius 3 is 2.71 bits per heavy atom. The molecule has 0 bridgehead atoms. The number of piperidine rings is 1. The van der Waals surface area contributed by atoms with Crippen LogP contribution in [0.3, 0.4) is 0 Å². The summed E-state index contributed by atoms with van der Waals surface area (Å²) in [6, 6.07) is 0. The van der Waals surface area contributed by atoms with Crippen LogP contribution in [0.4, 0.5) is 0 Å². The summed E-state index contributed by atoms with van der Waals surface area (Å²) in [6.07, 6.45) is 8.65. The molecule has 7 heteroatoms. The fourth-order valence-electron chi connectivity index (χ4n) is 2.72. The molecule has 1 aliphatic heterocycles. The summed E-state index contributed by atoms with van der Waals surface area (Å²) in [5.74, 6) is 1.64. The van der Waals surface area contributed by atoms with Gasteiger partial charge in [-0.3, -0.25) is 0 Å². The second-order valence-electron chi connectivity index (χ2n) is 5.73. The van der Waals surface area contributed by atoms with Crippen LogP contribution >= 0.6 is 11.8 Å². The molecule has 0 aromatic heterocycles. The summed E-state index contributed by atoms with van der Waals surface area (Å²) in [4.78, 5) is 0. The molecule has 0 aliphatic carbocycles. The van der Waals surface area contributed by atoms with Crippen LogP contribution in [-0.2, 0) is 10.2 Å². The number of hydrogen-bond acceptors (Lipinski definition) is 4. The molecule has 1 fully saturated rings. The number of nitrogens with one attached hydrogen (secondary N) is 2. The number of thioether (sulfide) groups is 1. The van der Waals surface area contributed by atoms with E-state index in [0.29, 0.717) is 25.6 Å². The van der Waals surface area contributed by atoms with E-state index in [1.165, 1.54) is 18.6 Å². The van der Waals surface area contributed by atoms with E-state index in [0.717, 1.165) is 32.2 Å². The van der Waals surface area contributed by atoms with Crippen molar-refractivity contribution in [3.05, 3.63) is 0 Å². The van der Waals surface area contributed by atoms with Crippen molar-refractivity contribution < 1.29 is 8.42 Å². The third-order valence-electron chi connectivity index (χ3n) is 3.87. The lowest BCUT2D eigenvalue weighted by molar-refractivity contribution is 0.261. The summed E-state index contributed by atoms with van der Waals surface area (Å²) < 4.78 is 28.9. The molecule has 5 nitrogen and oxygen atoms in total. The first kappa shape index (κ1) is 19.2. The number of nitrogens with zero attached hydrogens (tertiary/aromatic N) is 1. The van der Waals surface area contributed by atoms with E-state index >= 15 is 0 Å². The third kappa shape index (κ3) is 7.83. The summed E-state index contributed by atoms with van der Waals surface area (Å²) >= 11 is 1.87. The number of rotatable bonds is 11. The van der Waals surface area contributed by atoms with Crippen molar-refractivity contribution in [2.24, 2.45) is 5.92 Å². The predicted molar refractivity (Wildman–Crippen MR) is 92.0 cm³/mol. The van der Waals surface area contributed by atoms with E-state index in [2.05, 4.69) is 16.3 Å². The monoisotopic (exact) mass is 337 g/mol. The molecule has 1 heterocycles. The molecule has 0 spiro atoms. The van der Waals surface area contributed by atoms with Gasteiger partial charge in [-0.2, -0.15) is 24.5 Å². The SMILES string of the molecule is CNCC1CCCN(S(=O)(=O)NCCCCCCSC)C1. The van der Waals surface area contributed by atoms with Gasteiger partial charge in [0.05, 0.1) is 0 Å². The van der Waals surface area contributed by atoms with E-state index < -0.39 is 10.2 Å². The highest BCUT2D eigenvalue weighted by Gasteiger charge is 2.27. The third-order valence-corrected chi connectivity index (χ3v) is 6.15. The van der Waals surface area contributed by atoms with Gasteiger partial charge < -0.3 is 5.32 Å². The maximum atomic E-state index is 12.3. The summed E-state index contributed by atoms with van der Waals surface area (Å²) in [5, 5.41) is 3.14. The summed E-state index contributed by atoms with van der Waals surface area (Å²) in [7, 11) is -1.36. The van der Waals surface area contributed by atoms with Crippen molar-refractivity contribution >= 4 is 22.0 Å². The van der Waals surface area contributed by atoms with Crippen LogP contribution in [0.15, 0.2) is 0 Å². The zero-order valence-corrected chi connectivity index (χ0v) is 15.1. The molecule has 0 aromatic rings. The van der Waals surface area contributed by atoms with E-state index in [9.17, 15) is 8.42 Å². The fourth-order valence-corrected chi connectivity index (χ4v) is 4.57. The zero-order chi connectivity index (χ0) is 15.6. The maximum absolute atomic E-state index is 12.3. The smallest absolute Gasteiger partial charge is 0.279 e. The molecule has 1 unspecified atom stereocenters. The minimum atomic E-state index is -3.28. The Morgan fingerprint density at radius 1 is 1.24 bits per heavy atom. The normalized spacial score (nSPS) is 20.8. The second-order valence-corrected chi connectivity index (χ2v) is 8.47. The van der Waals surface area contributed by atoms with Gasteiger partial charge in [-0.15, -0.1) is 0 Å². The number of unbranched alkanes of at least 4 members (excludes halogenated alkanes) is 3. The molecule has 1 saturated heterocycles. The molecular formula is C14H31N3O2S2. The topological polar surface area (TPSA) is 61.4 Å². The highest BCUT2D eigenvalue weighted by molar-refractivity contribution is 7.98. The highest BCUT2D eigenvalue weighted by atomic mass is 32.2. The molecule has 21 heavy (non-hydrogen) atoms. The molecule has 0 saturated carbocycles. The lowest BCUT2D eigenvalue weighted by Crippen LogP contribution is -2.47. The largest absolute Gasteiger partial charge is 0.319 e. The molecule has 1 rings (SSSR count). The molecule has 1 aliphatic rings. The van der Waals surface area contributed by atoms with Gasteiger partial charge in [0.25, 0.3) is 10.2 Å². The van der Waals surface area contributed by atoms with Crippen LogP contribution in [0.1, 0.15) is 38.5 Å². The summed E-state index contributed by atoms with van der Waals surface area (Å²) in [5.41, 5.74) is 0. The first-order valence-electron chi connectivity index (χ1n) is 7.98. The maximum Gasteiger partial charge on any atom is 0.279 e. The van der Waals surface area contributed by atoms with Crippen molar-refractivity contribution in [2.45, 2.75) is 38.5 Å². The van der Waals surface area contributed by atoms with Crippen molar-refractivity contribution in [2.75, 3.05) is 45.2 Å². The fraction of sp³-hybridized carbons (Fsp3) is 1.00. The Morgan fingerprint density at radius 2 is 2.00 bits per heavy atom. The van der Waals surface area contributed by atoms with E-state index in [1.54, 1.807) is 4.31 Å². The van der Waals surface area contributed by atoms with Gasteiger partial charge >= 0.3 is 0 Å². The van der Waals surface area contributed by atoms with Crippen LogP contribution < -0.4 is 10.0 Å². The van der Waals surface area contributed by atoms with Crippen LogP contribution in [0, 0.1) is 5.92 Å². The molecule has 126 valence electrons. The van der Waals surface area contributed by atoms with Crippen molar-refractivity contribution in [1.82, 2.24) is 14.3 Å². The van der Waals surface area contributed by atoms with Crippen molar-refractivity contribution in [3.63, 3.8) is 0 Å². The van der Waals surface area contributed by atoms with Gasteiger partial charge in [-0.05, 0) is 57.2 Å². The van der Waals surface area contributed by atoms with Gasteiger partial charge in [0.2, 0.25) is 0 Å². The highest BCUT2D eigenvalue weighted by Crippen LogP contribution is 2.17. The van der Waals surface area contributed by atoms with Crippen LogP contribution in [0.25, 0.3) is 0 Å². The molecule has 0 aromatic carbocycles. The molecule has 1 atom stereocenters. The lowest BCUT2D eigenvalue weighted by Gasteiger charge is -2.31. The molecule has 2 N–H and O–H groups in total. The van der Waals surface area contributed by atoms with Crippen LogP contribution in [0.5, 0.6) is 0 Å². The Bertz CT molecular complexity index is 361. The first-order chi connectivity index (χ1) is 10.1. The first-order valence-corrected chi connectivity index (χ1v) is 10.8. The van der Waals surface area contributed by atoms with E-state index in [1.807, 2.05) is 18.8 Å². The average molecular weight is 338 g/mol. The predicted octanol–water partition coefficient (Wildman–Crippen LogP) is 1.68. The Labute approximate surface area is 134 Å². The van der Waals surface area contributed by atoms with E-state index in [-0.39, 0.29) is 0 Å². The molecule has 0 amide bonds. The van der Waals surface area contributed by atoms with Gasteiger partial charge in [0.1, 0.15) is 0 Å². The van der Waals surface area contributed by atoms with Crippen molar-refractivity contribution in [1.29, 1.82) is 0 Å². The molecular weight excluding hydrogens is 306 g/mol. The van der Waals surface area contributed by atoms with Gasteiger partial charge in [0, 0.05) is 19.6 Å². The van der Waals surface area contributed by atoms with Crippen LogP contribution in [0.2, 0.25) is 0 Å². The zero-order valence-electron chi connectivity index (χ0n) is 13.4. The summed E-state index contributed by atoms with van der Waals surface area (Å²) in [6.45, 7) is 2.75. The van der Waals surface area contributed by atoms with Gasteiger partial charge in [0.15, 0.2) is 0 Å². The standard InChI is InChI=1S/C14H31N3O2S2/c1-15-12-14-8-7-10-17(13-14)21(18,19)16-9-5-3-4-6-11-20-2/h14-16H,3-13H2,1-2H3. The average Bonchev–Trinajstić information content (AvgIpc) is 2.47. The minimum Gasteiger partial charge on any atom is -0.319 e. The van der Waals surface area contributed by atoms with Gasteiger partial charge in [-0.25, -0.2) is 4.72 Å². The Kier molecular flexibility index (Phi) is 9.92. The van der Waals surface area contributed by atoms with E-state index in [4.69, 9.17) is 0 Å². The lowest BCUT2D eigenvalue weighted by atomic mass is 10.00. The van der Waals surface area contributed by atoms with Gasteiger partial charge in [-0.1, -0.05) is 12.8 Å².